The van der Waals surface area contributed by atoms with Crippen LogP contribution in [0.1, 0.15) is 18.9 Å². The minimum absolute atomic E-state index is 0. The van der Waals surface area contributed by atoms with Crippen LogP contribution in [-0.2, 0) is 11.3 Å². The molecule has 1 heterocycles. The first-order valence-electron chi connectivity index (χ1n) is 10.6. The van der Waals surface area contributed by atoms with E-state index in [0.29, 0.717) is 0 Å². The number of quaternary nitrogens is 1. The highest BCUT2D eigenvalue weighted by Crippen LogP contribution is 2.24. The standard InChI is InChI=1S/C26H33N3O2.2BrH/c1-21(30)28(23-10-7-6-8-11-23)18-15-22-14-17-27(16-9-19-29(2,3)4)26-13-12-24(31-5)20-25(22)26;;/h6-8,10-15,17-18,20H,9,16,19H2,1-5H3;2*1H/q+2;;/p-2. The Balaban J connectivity index is 0.00000272. The van der Waals surface area contributed by atoms with E-state index in [-0.39, 0.29) is 39.9 Å². The summed E-state index contributed by atoms with van der Waals surface area (Å²) in [7, 11) is 8.33. The lowest BCUT2D eigenvalue weighted by Gasteiger charge is -2.23. The Morgan fingerprint density at radius 1 is 1.06 bits per heavy atom. The van der Waals surface area contributed by atoms with Gasteiger partial charge in [0, 0.05) is 30.9 Å². The van der Waals surface area contributed by atoms with E-state index in [4.69, 9.17) is 4.74 Å². The van der Waals surface area contributed by atoms with Gasteiger partial charge in [-0.1, -0.05) is 18.2 Å². The monoisotopic (exact) mass is 577 g/mol. The van der Waals surface area contributed by atoms with Gasteiger partial charge in [0.25, 0.3) is 0 Å². The first-order valence-corrected chi connectivity index (χ1v) is 10.6. The molecule has 33 heavy (non-hydrogen) atoms. The van der Waals surface area contributed by atoms with Crippen molar-refractivity contribution in [2.45, 2.75) is 19.9 Å². The molecule has 0 saturated carbocycles. The third-order valence-corrected chi connectivity index (χ3v) is 5.26. The largest absolute Gasteiger partial charge is 1.00 e. The van der Waals surface area contributed by atoms with Crippen molar-refractivity contribution < 1.29 is 52.5 Å². The number of methoxy groups -OCH3 is 1. The van der Waals surface area contributed by atoms with E-state index in [1.165, 1.54) is 0 Å². The molecule has 1 aromatic heterocycles. The molecule has 0 fully saturated rings. The molecule has 0 aliphatic rings. The van der Waals surface area contributed by atoms with Gasteiger partial charge < -0.3 is 43.2 Å². The second-order valence-electron chi connectivity index (χ2n) is 8.76. The normalized spacial score (nSPS) is 11.1. The lowest BCUT2D eigenvalue weighted by atomic mass is 10.1. The first-order chi connectivity index (χ1) is 14.8. The number of carbonyl (C=O) groups excluding carboxylic acids is 1. The molecule has 3 aromatic rings. The number of para-hydroxylation sites is 1. The Bertz CT molecular complexity index is 1080. The van der Waals surface area contributed by atoms with Crippen molar-refractivity contribution >= 4 is 28.6 Å². The summed E-state index contributed by atoms with van der Waals surface area (Å²) in [5, 5.41) is 1.10. The van der Waals surface area contributed by atoms with Crippen LogP contribution in [0.4, 0.5) is 5.69 Å². The molecule has 3 rings (SSSR count). The number of rotatable bonds is 8. The van der Waals surface area contributed by atoms with Gasteiger partial charge >= 0.3 is 0 Å². The maximum Gasteiger partial charge on any atom is 0.227 e. The highest BCUT2D eigenvalue weighted by Gasteiger charge is 2.15. The Morgan fingerprint density at radius 2 is 1.76 bits per heavy atom. The Kier molecular flexibility index (Phi) is 11.2. The van der Waals surface area contributed by atoms with Crippen molar-refractivity contribution in [1.82, 2.24) is 0 Å². The summed E-state index contributed by atoms with van der Waals surface area (Å²) in [6.07, 6.45) is 7.06. The van der Waals surface area contributed by atoms with E-state index < -0.39 is 0 Å². The van der Waals surface area contributed by atoms with E-state index in [2.05, 4.69) is 50.1 Å². The number of nitrogens with zero attached hydrogens (tertiary/aromatic N) is 3. The summed E-state index contributed by atoms with van der Waals surface area (Å²) in [5.74, 6) is 0.786. The van der Waals surface area contributed by atoms with Gasteiger partial charge in [0.1, 0.15) is 5.75 Å². The van der Waals surface area contributed by atoms with E-state index in [0.717, 1.165) is 51.9 Å². The highest BCUT2D eigenvalue weighted by atomic mass is 79.9. The average molecular weight is 579 g/mol. The van der Waals surface area contributed by atoms with Crippen LogP contribution >= 0.6 is 0 Å². The van der Waals surface area contributed by atoms with E-state index in [9.17, 15) is 4.79 Å². The minimum atomic E-state index is -0.0318. The topological polar surface area (TPSA) is 33.4 Å². The predicted molar refractivity (Wildman–Crippen MR) is 127 cm³/mol. The maximum absolute atomic E-state index is 12.2. The second kappa shape index (κ2) is 12.9. The number of aryl methyl sites for hydroxylation is 1. The predicted octanol–water partition coefficient (Wildman–Crippen LogP) is -1.74. The average Bonchev–Trinajstić information content (AvgIpc) is 2.74. The van der Waals surface area contributed by atoms with Gasteiger partial charge in [-0.15, -0.1) is 0 Å². The van der Waals surface area contributed by atoms with Crippen LogP contribution < -0.4 is 48.2 Å². The Morgan fingerprint density at radius 3 is 2.36 bits per heavy atom. The van der Waals surface area contributed by atoms with Crippen LogP contribution in [0.25, 0.3) is 17.0 Å². The first kappa shape index (κ1) is 28.8. The quantitative estimate of drug-likeness (QED) is 0.235. The summed E-state index contributed by atoms with van der Waals surface area (Å²) in [4.78, 5) is 13.9. The van der Waals surface area contributed by atoms with Crippen LogP contribution in [0.15, 0.2) is 67.0 Å². The number of anilines is 1. The molecule has 2 aromatic carbocycles. The number of aromatic nitrogens is 1. The van der Waals surface area contributed by atoms with Gasteiger partial charge in [-0.2, -0.15) is 4.57 Å². The van der Waals surface area contributed by atoms with E-state index in [1.54, 1.807) is 18.9 Å². The number of amides is 1. The third-order valence-electron chi connectivity index (χ3n) is 5.26. The number of halogens is 2. The summed E-state index contributed by atoms with van der Waals surface area (Å²) >= 11 is 0. The Hall–Kier alpha value is -2.22. The fourth-order valence-electron chi connectivity index (χ4n) is 3.64. The number of ether oxygens (including phenoxy) is 1. The third kappa shape index (κ3) is 7.95. The number of benzene rings is 2. The number of carbonyl (C=O) groups is 1. The zero-order valence-corrected chi connectivity index (χ0v) is 23.1. The summed E-state index contributed by atoms with van der Waals surface area (Å²) in [6.45, 7) is 3.63. The van der Waals surface area contributed by atoms with Crippen LogP contribution in [0.5, 0.6) is 5.75 Å². The lowest BCUT2D eigenvalue weighted by Crippen LogP contribution is -3.00. The minimum Gasteiger partial charge on any atom is -1.00 e. The summed E-state index contributed by atoms with van der Waals surface area (Å²) < 4.78 is 8.72. The highest BCUT2D eigenvalue weighted by molar-refractivity contribution is 5.95. The summed E-state index contributed by atoms with van der Waals surface area (Å²) in [5.41, 5.74) is 3.04. The molecule has 0 N–H and O–H groups in total. The SMILES string of the molecule is COc1ccc2c(c1)c(C=CN(C(C)=O)c1ccccc1)cc[n+]2CCC[N+](C)(C)C.[Br-].[Br-]. The van der Waals surface area contributed by atoms with Crippen LogP contribution in [0.2, 0.25) is 0 Å². The van der Waals surface area contributed by atoms with Gasteiger partial charge in [-0.25, -0.2) is 0 Å². The van der Waals surface area contributed by atoms with Crippen molar-refractivity contribution in [1.29, 1.82) is 0 Å². The Labute approximate surface area is 218 Å². The van der Waals surface area contributed by atoms with Crippen molar-refractivity contribution in [3.05, 3.63) is 72.6 Å². The van der Waals surface area contributed by atoms with Gasteiger partial charge in [-0.05, 0) is 35.9 Å². The van der Waals surface area contributed by atoms with Gasteiger partial charge in [0.05, 0.1) is 46.6 Å². The van der Waals surface area contributed by atoms with Crippen LogP contribution in [0, 0.1) is 0 Å². The maximum atomic E-state index is 12.2. The fourth-order valence-corrected chi connectivity index (χ4v) is 3.64. The van der Waals surface area contributed by atoms with Crippen molar-refractivity contribution in [3.63, 3.8) is 0 Å². The second-order valence-corrected chi connectivity index (χ2v) is 8.76. The van der Waals surface area contributed by atoms with E-state index in [1.807, 2.05) is 48.7 Å². The van der Waals surface area contributed by atoms with E-state index >= 15 is 0 Å². The molecule has 0 aliphatic heterocycles. The molecule has 178 valence electrons. The number of hydrogen-bond donors (Lipinski definition) is 0. The van der Waals surface area contributed by atoms with Crippen molar-refractivity contribution in [3.8, 4) is 5.75 Å². The van der Waals surface area contributed by atoms with Gasteiger partial charge in [0.15, 0.2) is 12.7 Å². The van der Waals surface area contributed by atoms with Crippen molar-refractivity contribution in [2.24, 2.45) is 0 Å². The molecule has 0 radical (unpaired) electrons. The molecule has 0 bridgehead atoms. The smallest absolute Gasteiger partial charge is 0.227 e. The van der Waals surface area contributed by atoms with Crippen molar-refractivity contribution in [2.75, 3.05) is 39.7 Å². The zero-order chi connectivity index (χ0) is 22.4. The molecule has 0 atom stereocenters. The number of hydrogen-bond acceptors (Lipinski definition) is 2. The molecule has 7 heteroatoms. The number of pyridine rings is 1. The van der Waals surface area contributed by atoms with Crippen LogP contribution in [-0.4, -0.2) is 45.2 Å². The molecule has 0 unspecified atom stereocenters. The number of fused-ring (bicyclic) bond motifs is 1. The zero-order valence-electron chi connectivity index (χ0n) is 20.0. The molecule has 1 amide bonds. The lowest BCUT2D eigenvalue weighted by molar-refractivity contribution is -0.873. The fraction of sp³-hybridized carbons (Fsp3) is 0.308. The van der Waals surface area contributed by atoms with Gasteiger partial charge in [-0.3, -0.25) is 9.69 Å². The molecule has 0 aliphatic carbocycles. The molecule has 5 nitrogen and oxygen atoms in total. The molecular formula is C26H33Br2N3O2. The molecule has 0 saturated heterocycles. The molecular weight excluding hydrogens is 546 g/mol. The van der Waals surface area contributed by atoms with Crippen LogP contribution in [0.3, 0.4) is 0 Å². The van der Waals surface area contributed by atoms with Gasteiger partial charge in [0.2, 0.25) is 11.4 Å². The summed E-state index contributed by atoms with van der Waals surface area (Å²) in [6, 6.07) is 17.9. The molecule has 0 spiro atoms.